The van der Waals surface area contributed by atoms with E-state index in [1.807, 2.05) is 4.90 Å². The van der Waals surface area contributed by atoms with Crippen LogP contribution in [0, 0.1) is 11.3 Å². The van der Waals surface area contributed by atoms with Gasteiger partial charge in [-0.25, -0.2) is 0 Å². The van der Waals surface area contributed by atoms with E-state index >= 15 is 0 Å². The molecule has 1 aliphatic heterocycles. The molecule has 76 valence electrons. The van der Waals surface area contributed by atoms with Crippen LogP contribution in [0.4, 0.5) is 0 Å². The topological polar surface area (TPSA) is 20.3 Å². The molecule has 0 N–H and O–H groups in total. The zero-order chi connectivity index (χ0) is 10.1. The Kier molecular flexibility index (Phi) is 2.99. The van der Waals surface area contributed by atoms with Gasteiger partial charge >= 0.3 is 0 Å². The number of carbonyl (C=O) groups excluding carboxylic acids is 1. The van der Waals surface area contributed by atoms with E-state index in [2.05, 4.69) is 20.8 Å². The Morgan fingerprint density at radius 2 is 2.00 bits per heavy atom. The highest BCUT2D eigenvalue weighted by molar-refractivity contribution is 5.73. The van der Waals surface area contributed by atoms with E-state index in [4.69, 9.17) is 0 Å². The van der Waals surface area contributed by atoms with Gasteiger partial charge in [0.25, 0.3) is 0 Å². The third-order valence-corrected chi connectivity index (χ3v) is 3.09. The van der Waals surface area contributed by atoms with Gasteiger partial charge in [0.2, 0.25) is 5.91 Å². The molecular weight excluding hydrogens is 162 g/mol. The summed E-state index contributed by atoms with van der Waals surface area (Å²) in [5, 5.41) is 0. The first-order valence-corrected chi connectivity index (χ1v) is 5.17. The van der Waals surface area contributed by atoms with Crippen LogP contribution in [0.2, 0.25) is 0 Å². The van der Waals surface area contributed by atoms with Gasteiger partial charge in [0.1, 0.15) is 0 Å². The highest BCUT2D eigenvalue weighted by Gasteiger charge is 2.30. The number of hydrogen-bond donors (Lipinski definition) is 0. The summed E-state index contributed by atoms with van der Waals surface area (Å²) in [7, 11) is 0. The van der Waals surface area contributed by atoms with Crippen LogP contribution < -0.4 is 0 Å². The van der Waals surface area contributed by atoms with Gasteiger partial charge in [-0.3, -0.25) is 4.79 Å². The van der Waals surface area contributed by atoms with Crippen LogP contribution in [-0.2, 0) is 4.79 Å². The molecule has 0 aromatic rings. The highest BCUT2D eigenvalue weighted by atomic mass is 16.2. The summed E-state index contributed by atoms with van der Waals surface area (Å²) in [5.74, 6) is 0.902. The molecule has 1 heterocycles. The first-order valence-electron chi connectivity index (χ1n) is 5.17. The van der Waals surface area contributed by atoms with Crippen LogP contribution in [0.1, 0.15) is 40.5 Å². The Bertz CT molecular complexity index is 193. The molecule has 0 aromatic heterocycles. The lowest BCUT2D eigenvalue weighted by Crippen LogP contribution is -2.42. The van der Waals surface area contributed by atoms with E-state index in [1.165, 1.54) is 12.8 Å². The fraction of sp³-hybridized carbons (Fsp3) is 0.909. The van der Waals surface area contributed by atoms with Crippen molar-refractivity contribution in [3.8, 4) is 0 Å². The number of likely N-dealkylation sites (tertiary alicyclic amines) is 1. The van der Waals surface area contributed by atoms with Gasteiger partial charge in [0, 0.05) is 20.0 Å². The molecule has 1 atom stereocenters. The Morgan fingerprint density at radius 3 is 2.46 bits per heavy atom. The first kappa shape index (κ1) is 10.6. The molecule has 0 unspecified atom stereocenters. The smallest absolute Gasteiger partial charge is 0.219 e. The average Bonchev–Trinajstić information content (AvgIpc) is 2.03. The largest absolute Gasteiger partial charge is 0.343 e. The summed E-state index contributed by atoms with van der Waals surface area (Å²) in [5.41, 5.74) is 0.341. The van der Waals surface area contributed by atoms with Crippen LogP contribution in [-0.4, -0.2) is 23.9 Å². The molecule has 1 rings (SSSR count). The number of carbonyl (C=O) groups is 1. The molecular formula is C11H21NO. The minimum atomic E-state index is 0.231. The summed E-state index contributed by atoms with van der Waals surface area (Å²) < 4.78 is 0. The summed E-state index contributed by atoms with van der Waals surface area (Å²) in [6.45, 7) is 10.4. The van der Waals surface area contributed by atoms with E-state index in [1.54, 1.807) is 6.92 Å². The first-order chi connectivity index (χ1) is 5.91. The second kappa shape index (κ2) is 3.69. The molecule has 0 aliphatic carbocycles. The van der Waals surface area contributed by atoms with Gasteiger partial charge in [-0.1, -0.05) is 20.8 Å². The van der Waals surface area contributed by atoms with E-state index in [0.717, 1.165) is 13.1 Å². The molecule has 13 heavy (non-hydrogen) atoms. The fourth-order valence-corrected chi connectivity index (χ4v) is 1.97. The van der Waals surface area contributed by atoms with E-state index in [0.29, 0.717) is 11.3 Å². The van der Waals surface area contributed by atoms with Gasteiger partial charge in [0.15, 0.2) is 0 Å². The van der Waals surface area contributed by atoms with E-state index in [9.17, 15) is 4.79 Å². The van der Waals surface area contributed by atoms with Crippen molar-refractivity contribution in [3.63, 3.8) is 0 Å². The molecule has 1 amide bonds. The molecule has 0 spiro atoms. The third kappa shape index (κ3) is 2.71. The van der Waals surface area contributed by atoms with Gasteiger partial charge in [-0.15, -0.1) is 0 Å². The van der Waals surface area contributed by atoms with Crippen LogP contribution in [0.25, 0.3) is 0 Å². The monoisotopic (exact) mass is 183 g/mol. The minimum Gasteiger partial charge on any atom is -0.343 e. The standard InChI is InChI=1S/C11H21NO/c1-9(13)12-7-5-6-10(8-12)11(2,3)4/h10H,5-8H2,1-4H3/t10-/m1/s1. The normalized spacial score (nSPS) is 24.6. The second-order valence-corrected chi connectivity index (χ2v) is 5.17. The average molecular weight is 183 g/mol. The maximum atomic E-state index is 11.2. The highest BCUT2D eigenvalue weighted by Crippen LogP contribution is 2.33. The van der Waals surface area contributed by atoms with Crippen LogP contribution in [0.15, 0.2) is 0 Å². The molecule has 2 heteroatoms. The molecule has 0 saturated carbocycles. The Hall–Kier alpha value is -0.530. The predicted octanol–water partition coefficient (Wildman–Crippen LogP) is 2.29. The Balaban J connectivity index is 2.57. The molecule has 1 saturated heterocycles. The lowest BCUT2D eigenvalue weighted by atomic mass is 9.76. The number of hydrogen-bond acceptors (Lipinski definition) is 1. The summed E-state index contributed by atoms with van der Waals surface area (Å²) in [6, 6.07) is 0. The van der Waals surface area contributed by atoms with E-state index < -0.39 is 0 Å². The van der Waals surface area contributed by atoms with Crippen molar-refractivity contribution >= 4 is 5.91 Å². The van der Waals surface area contributed by atoms with Gasteiger partial charge in [0.05, 0.1) is 0 Å². The molecule has 0 aromatic carbocycles. The van der Waals surface area contributed by atoms with Gasteiger partial charge < -0.3 is 4.90 Å². The molecule has 1 aliphatic rings. The van der Waals surface area contributed by atoms with Crippen LogP contribution in [0.3, 0.4) is 0 Å². The molecule has 2 nitrogen and oxygen atoms in total. The Morgan fingerprint density at radius 1 is 1.38 bits per heavy atom. The molecule has 0 radical (unpaired) electrons. The minimum absolute atomic E-state index is 0.231. The van der Waals surface area contributed by atoms with Crippen molar-refractivity contribution in [1.29, 1.82) is 0 Å². The number of rotatable bonds is 0. The summed E-state index contributed by atoms with van der Waals surface area (Å²) in [4.78, 5) is 13.2. The number of piperidine rings is 1. The third-order valence-electron chi connectivity index (χ3n) is 3.09. The zero-order valence-corrected chi connectivity index (χ0v) is 9.26. The molecule has 0 bridgehead atoms. The van der Waals surface area contributed by atoms with Crippen molar-refractivity contribution in [3.05, 3.63) is 0 Å². The maximum Gasteiger partial charge on any atom is 0.219 e. The number of nitrogens with zero attached hydrogens (tertiary/aromatic N) is 1. The predicted molar refractivity (Wildman–Crippen MR) is 54.4 cm³/mol. The quantitative estimate of drug-likeness (QED) is 0.564. The van der Waals surface area contributed by atoms with Crippen molar-refractivity contribution in [2.75, 3.05) is 13.1 Å². The fourth-order valence-electron chi connectivity index (χ4n) is 1.97. The second-order valence-electron chi connectivity index (χ2n) is 5.17. The zero-order valence-electron chi connectivity index (χ0n) is 9.26. The van der Waals surface area contributed by atoms with E-state index in [-0.39, 0.29) is 5.91 Å². The van der Waals surface area contributed by atoms with Crippen molar-refractivity contribution in [1.82, 2.24) is 4.90 Å². The van der Waals surface area contributed by atoms with Crippen molar-refractivity contribution in [2.24, 2.45) is 11.3 Å². The van der Waals surface area contributed by atoms with Crippen LogP contribution in [0.5, 0.6) is 0 Å². The number of amides is 1. The lowest BCUT2D eigenvalue weighted by Gasteiger charge is -2.39. The SMILES string of the molecule is CC(=O)N1CCC[C@@H](C(C)(C)C)C1. The van der Waals surface area contributed by atoms with Crippen LogP contribution >= 0.6 is 0 Å². The maximum absolute atomic E-state index is 11.2. The van der Waals surface area contributed by atoms with Crippen molar-refractivity contribution in [2.45, 2.75) is 40.5 Å². The Labute approximate surface area is 81.3 Å². The summed E-state index contributed by atoms with van der Waals surface area (Å²) >= 11 is 0. The van der Waals surface area contributed by atoms with Gasteiger partial charge in [-0.2, -0.15) is 0 Å². The summed E-state index contributed by atoms with van der Waals surface area (Å²) in [6.07, 6.45) is 2.44. The van der Waals surface area contributed by atoms with Crippen molar-refractivity contribution < 1.29 is 4.79 Å². The molecule has 1 fully saturated rings. The lowest BCUT2D eigenvalue weighted by molar-refractivity contribution is -0.131. The van der Waals surface area contributed by atoms with Gasteiger partial charge in [-0.05, 0) is 24.2 Å².